The molecule has 0 spiro atoms. The van der Waals surface area contributed by atoms with E-state index in [1.54, 1.807) is 12.1 Å². The molecular formula is C15H17N3O5S. The predicted octanol–water partition coefficient (Wildman–Crippen LogP) is 0.626. The number of sulfonamides is 1. The molecule has 0 radical (unpaired) electrons. The third-order valence-corrected chi connectivity index (χ3v) is 5.82. The van der Waals surface area contributed by atoms with Crippen LogP contribution in [0, 0.1) is 0 Å². The minimum absolute atomic E-state index is 0.0706. The summed E-state index contributed by atoms with van der Waals surface area (Å²) in [5.41, 5.74) is 0.926. The van der Waals surface area contributed by atoms with Gasteiger partial charge in [0.2, 0.25) is 15.9 Å². The second-order valence-corrected chi connectivity index (χ2v) is 7.31. The molecule has 2 aromatic rings. The number of hydrogen-bond donors (Lipinski definition) is 1. The summed E-state index contributed by atoms with van der Waals surface area (Å²) in [7, 11) is -2.05. The van der Waals surface area contributed by atoms with Crippen molar-refractivity contribution < 1.29 is 23.1 Å². The van der Waals surface area contributed by atoms with Crippen LogP contribution >= 0.6 is 0 Å². The largest absolute Gasteiger partial charge is 0.493 e. The van der Waals surface area contributed by atoms with E-state index in [-0.39, 0.29) is 16.3 Å². The van der Waals surface area contributed by atoms with Crippen molar-refractivity contribution in [3.05, 3.63) is 29.8 Å². The van der Waals surface area contributed by atoms with Gasteiger partial charge >= 0.3 is 0 Å². The highest BCUT2D eigenvalue weighted by atomic mass is 32.2. The molecule has 1 fully saturated rings. The molecular weight excluding hydrogens is 334 g/mol. The van der Waals surface area contributed by atoms with Crippen LogP contribution in [0.1, 0.15) is 10.4 Å². The van der Waals surface area contributed by atoms with Gasteiger partial charge in [0.05, 0.1) is 18.1 Å². The second-order valence-electron chi connectivity index (χ2n) is 5.37. The second kappa shape index (κ2) is 6.34. The molecule has 1 aliphatic heterocycles. The van der Waals surface area contributed by atoms with Crippen molar-refractivity contribution in [3.63, 3.8) is 0 Å². The number of aromatic nitrogens is 2. The maximum atomic E-state index is 12.6. The van der Waals surface area contributed by atoms with Crippen molar-refractivity contribution in [1.29, 1.82) is 0 Å². The zero-order valence-corrected chi connectivity index (χ0v) is 13.9. The van der Waals surface area contributed by atoms with Crippen molar-refractivity contribution in [2.75, 3.05) is 26.3 Å². The fourth-order valence-electron chi connectivity index (χ4n) is 2.57. The first kappa shape index (κ1) is 16.6. The number of ether oxygens (including phenoxy) is 1. The molecule has 8 nitrogen and oxygen atoms in total. The number of carbonyl (C=O) groups excluding carboxylic acids is 1. The molecule has 1 N–H and O–H groups in total. The Balaban J connectivity index is 1.94. The Hall–Kier alpha value is -2.23. The van der Waals surface area contributed by atoms with Crippen molar-refractivity contribution in [2.45, 2.75) is 4.90 Å². The van der Waals surface area contributed by atoms with Gasteiger partial charge in [-0.05, 0) is 12.1 Å². The van der Waals surface area contributed by atoms with E-state index in [1.807, 2.05) is 0 Å². The lowest BCUT2D eigenvalue weighted by Crippen LogP contribution is -2.40. The number of aldehydes is 1. The van der Waals surface area contributed by atoms with Crippen LogP contribution in [0.3, 0.4) is 0 Å². The Morgan fingerprint density at radius 3 is 2.42 bits per heavy atom. The lowest BCUT2D eigenvalue weighted by atomic mass is 10.1. The lowest BCUT2D eigenvalue weighted by Gasteiger charge is -2.26. The van der Waals surface area contributed by atoms with E-state index in [9.17, 15) is 18.3 Å². The fraction of sp³-hybridized carbons (Fsp3) is 0.333. The first-order valence-electron chi connectivity index (χ1n) is 7.34. The molecule has 1 aromatic carbocycles. The first-order valence-corrected chi connectivity index (χ1v) is 8.78. The van der Waals surface area contributed by atoms with Gasteiger partial charge in [0.25, 0.3) is 0 Å². The molecule has 0 saturated carbocycles. The van der Waals surface area contributed by atoms with E-state index in [2.05, 4.69) is 5.10 Å². The molecule has 3 rings (SSSR count). The van der Waals surface area contributed by atoms with Crippen molar-refractivity contribution in [2.24, 2.45) is 7.05 Å². The van der Waals surface area contributed by atoms with Crippen LogP contribution in [0.2, 0.25) is 0 Å². The highest BCUT2D eigenvalue weighted by Gasteiger charge is 2.26. The standard InChI is InChI=1S/C15H17N3O5S/c1-17-15(20)13(10-19)14(16-17)11-2-4-12(5-3-11)24(21,22)18-6-8-23-9-7-18/h2-5,10,20H,6-9H2,1H3. The van der Waals surface area contributed by atoms with Crippen LogP contribution in [0.25, 0.3) is 11.3 Å². The molecule has 128 valence electrons. The Morgan fingerprint density at radius 1 is 1.21 bits per heavy atom. The van der Waals surface area contributed by atoms with Gasteiger partial charge in [-0.1, -0.05) is 12.1 Å². The maximum Gasteiger partial charge on any atom is 0.243 e. The van der Waals surface area contributed by atoms with Gasteiger partial charge in [0.15, 0.2) is 6.29 Å². The van der Waals surface area contributed by atoms with Gasteiger partial charge < -0.3 is 9.84 Å². The third-order valence-electron chi connectivity index (χ3n) is 3.91. The van der Waals surface area contributed by atoms with E-state index in [1.165, 1.54) is 28.2 Å². The monoisotopic (exact) mass is 351 g/mol. The molecule has 1 saturated heterocycles. The Kier molecular flexibility index (Phi) is 4.39. The molecule has 0 unspecified atom stereocenters. The van der Waals surface area contributed by atoms with Gasteiger partial charge in [-0.3, -0.25) is 4.79 Å². The van der Waals surface area contributed by atoms with Gasteiger partial charge in [-0.25, -0.2) is 13.1 Å². The van der Waals surface area contributed by atoms with E-state index in [4.69, 9.17) is 4.74 Å². The molecule has 2 heterocycles. The fourth-order valence-corrected chi connectivity index (χ4v) is 3.98. The third kappa shape index (κ3) is 2.81. The van der Waals surface area contributed by atoms with E-state index in [0.29, 0.717) is 43.8 Å². The Morgan fingerprint density at radius 2 is 1.83 bits per heavy atom. The molecule has 0 amide bonds. The van der Waals surface area contributed by atoms with Crippen molar-refractivity contribution in [3.8, 4) is 17.1 Å². The number of rotatable bonds is 4. The zero-order chi connectivity index (χ0) is 17.3. The van der Waals surface area contributed by atoms with Crippen LogP contribution < -0.4 is 0 Å². The minimum Gasteiger partial charge on any atom is -0.493 e. The number of benzene rings is 1. The zero-order valence-electron chi connectivity index (χ0n) is 13.0. The molecule has 9 heteroatoms. The van der Waals surface area contributed by atoms with Crippen LogP contribution in [-0.2, 0) is 21.8 Å². The molecule has 0 aliphatic carbocycles. The smallest absolute Gasteiger partial charge is 0.243 e. The van der Waals surface area contributed by atoms with Crippen molar-refractivity contribution >= 4 is 16.3 Å². The summed E-state index contributed by atoms with van der Waals surface area (Å²) in [4.78, 5) is 11.3. The summed E-state index contributed by atoms with van der Waals surface area (Å²) in [6, 6.07) is 6.09. The van der Waals surface area contributed by atoms with E-state index in [0.717, 1.165) is 0 Å². The topological polar surface area (TPSA) is 102 Å². The molecule has 1 aromatic heterocycles. The van der Waals surface area contributed by atoms with E-state index >= 15 is 0 Å². The SMILES string of the molecule is Cn1nc(-c2ccc(S(=O)(=O)N3CCOCC3)cc2)c(C=O)c1O. The van der Waals surface area contributed by atoms with Crippen LogP contribution in [0.4, 0.5) is 0 Å². The quantitative estimate of drug-likeness (QED) is 0.811. The summed E-state index contributed by atoms with van der Waals surface area (Å²) in [5.74, 6) is -0.231. The van der Waals surface area contributed by atoms with Gasteiger partial charge in [0.1, 0.15) is 11.3 Å². The summed E-state index contributed by atoms with van der Waals surface area (Å²) in [6.45, 7) is 1.42. The van der Waals surface area contributed by atoms with E-state index < -0.39 is 10.0 Å². The minimum atomic E-state index is -3.57. The molecule has 1 aliphatic rings. The first-order chi connectivity index (χ1) is 11.4. The maximum absolute atomic E-state index is 12.6. The number of aromatic hydroxyl groups is 1. The molecule has 0 bridgehead atoms. The van der Waals surface area contributed by atoms with Gasteiger partial charge in [-0.15, -0.1) is 0 Å². The lowest BCUT2D eigenvalue weighted by molar-refractivity contribution is 0.0730. The van der Waals surface area contributed by atoms with Crippen LogP contribution in [0.15, 0.2) is 29.2 Å². The number of nitrogens with zero attached hydrogens (tertiary/aromatic N) is 3. The predicted molar refractivity (Wildman–Crippen MR) is 85.3 cm³/mol. The Labute approximate surface area is 139 Å². The van der Waals surface area contributed by atoms with Crippen LogP contribution in [-0.4, -0.2) is 60.2 Å². The summed E-state index contributed by atoms with van der Waals surface area (Å²) in [6.07, 6.45) is 0.524. The van der Waals surface area contributed by atoms with Crippen LogP contribution in [0.5, 0.6) is 5.88 Å². The highest BCUT2D eigenvalue weighted by Crippen LogP contribution is 2.29. The van der Waals surface area contributed by atoms with Crippen molar-refractivity contribution in [1.82, 2.24) is 14.1 Å². The molecule has 0 atom stereocenters. The average molecular weight is 351 g/mol. The normalized spacial score (nSPS) is 16.2. The Bertz CT molecular complexity index is 852. The van der Waals surface area contributed by atoms with Gasteiger partial charge in [-0.2, -0.15) is 9.40 Å². The summed E-state index contributed by atoms with van der Waals surface area (Å²) < 4.78 is 32.9. The number of aryl methyl sites for hydroxylation is 1. The molecule has 24 heavy (non-hydrogen) atoms. The van der Waals surface area contributed by atoms with Gasteiger partial charge in [0, 0.05) is 25.7 Å². The summed E-state index contributed by atoms with van der Waals surface area (Å²) in [5, 5.41) is 13.9. The number of carbonyl (C=O) groups is 1. The highest BCUT2D eigenvalue weighted by molar-refractivity contribution is 7.89. The number of morpholine rings is 1. The summed E-state index contributed by atoms with van der Waals surface area (Å²) >= 11 is 0. The number of hydrogen-bond acceptors (Lipinski definition) is 6. The average Bonchev–Trinajstić information content (AvgIpc) is 2.90.